The molecule has 30 heavy (non-hydrogen) atoms. The smallest absolute Gasteiger partial charge is 0.193 e. The molecule has 0 bridgehead atoms. The monoisotopic (exact) mass is 416 g/mol. The lowest BCUT2D eigenvalue weighted by molar-refractivity contribution is -0.123. The van der Waals surface area contributed by atoms with Gasteiger partial charge in [-0.1, -0.05) is 55.4 Å². The molecule has 5 atom stereocenters. The van der Waals surface area contributed by atoms with Gasteiger partial charge in [-0.05, 0) is 63.2 Å². The van der Waals surface area contributed by atoms with Gasteiger partial charge in [0.15, 0.2) is 12.0 Å². The number of hydrogen-bond acceptors (Lipinski definition) is 3. The summed E-state index contributed by atoms with van der Waals surface area (Å²) in [5, 5.41) is 19.7. The number of halogens is 1. The van der Waals surface area contributed by atoms with E-state index in [-0.39, 0.29) is 18.3 Å². The van der Waals surface area contributed by atoms with E-state index in [0.717, 1.165) is 32.1 Å². The van der Waals surface area contributed by atoms with E-state index in [1.165, 1.54) is 11.1 Å². The van der Waals surface area contributed by atoms with Crippen LogP contribution in [-0.2, 0) is 4.79 Å². The van der Waals surface area contributed by atoms with Crippen molar-refractivity contribution in [3.63, 3.8) is 0 Å². The summed E-state index contributed by atoms with van der Waals surface area (Å²) in [7, 11) is 0. The molecule has 3 nitrogen and oxygen atoms in total. The first-order valence-electron chi connectivity index (χ1n) is 11.4. The zero-order valence-corrected chi connectivity index (χ0v) is 18.8. The Balaban J connectivity index is 1.75. The van der Waals surface area contributed by atoms with E-state index >= 15 is 0 Å². The van der Waals surface area contributed by atoms with Crippen LogP contribution in [0.4, 0.5) is 4.39 Å². The van der Waals surface area contributed by atoms with Gasteiger partial charge in [-0.25, -0.2) is 4.39 Å². The highest BCUT2D eigenvalue weighted by Crippen LogP contribution is 2.56. The molecular formula is C26H37FO3. The van der Waals surface area contributed by atoms with Crippen LogP contribution in [0.3, 0.4) is 0 Å². The van der Waals surface area contributed by atoms with Crippen LogP contribution >= 0.6 is 0 Å². The number of ketones is 1. The van der Waals surface area contributed by atoms with Gasteiger partial charge in [0.25, 0.3) is 0 Å². The second-order valence-corrected chi connectivity index (χ2v) is 10.3. The molecule has 5 unspecified atom stereocenters. The summed E-state index contributed by atoms with van der Waals surface area (Å²) < 4.78 is 13.8. The van der Waals surface area contributed by atoms with Crippen LogP contribution in [0.2, 0.25) is 0 Å². The van der Waals surface area contributed by atoms with Crippen molar-refractivity contribution in [1.82, 2.24) is 0 Å². The maximum absolute atomic E-state index is 13.8. The van der Waals surface area contributed by atoms with Crippen molar-refractivity contribution in [2.45, 2.75) is 90.5 Å². The van der Waals surface area contributed by atoms with E-state index in [0.29, 0.717) is 17.4 Å². The lowest BCUT2D eigenvalue weighted by Crippen LogP contribution is -2.32. The van der Waals surface area contributed by atoms with Gasteiger partial charge in [0.1, 0.15) is 0 Å². The fraction of sp³-hybridized carbons (Fsp3) is 0.654. The number of aliphatic hydroxyl groups is 2. The molecule has 3 aliphatic carbocycles. The molecule has 0 saturated heterocycles. The summed E-state index contributed by atoms with van der Waals surface area (Å²) in [4.78, 5) is 12.1. The first-order valence-corrected chi connectivity index (χ1v) is 11.4. The molecule has 0 aromatic carbocycles. The maximum Gasteiger partial charge on any atom is 0.193 e. The minimum absolute atomic E-state index is 0.0828. The lowest BCUT2D eigenvalue weighted by Gasteiger charge is -2.42. The van der Waals surface area contributed by atoms with Crippen LogP contribution < -0.4 is 0 Å². The van der Waals surface area contributed by atoms with Crippen molar-refractivity contribution in [3.05, 3.63) is 47.1 Å². The third kappa shape index (κ3) is 5.03. The fourth-order valence-electron chi connectivity index (χ4n) is 5.65. The summed E-state index contributed by atoms with van der Waals surface area (Å²) >= 11 is 0. The van der Waals surface area contributed by atoms with Crippen molar-refractivity contribution < 1.29 is 19.4 Å². The Morgan fingerprint density at radius 3 is 2.80 bits per heavy atom. The number of allylic oxidation sites excluding steroid dienone is 6. The van der Waals surface area contributed by atoms with Gasteiger partial charge in [0, 0.05) is 18.4 Å². The minimum atomic E-state index is -1.58. The Morgan fingerprint density at radius 1 is 1.37 bits per heavy atom. The molecule has 166 valence electrons. The van der Waals surface area contributed by atoms with Gasteiger partial charge >= 0.3 is 0 Å². The molecule has 3 rings (SSSR count). The summed E-state index contributed by atoms with van der Waals surface area (Å²) in [6, 6.07) is 0. The van der Waals surface area contributed by atoms with Crippen LogP contribution in [0, 0.1) is 17.3 Å². The average molecular weight is 417 g/mol. The number of alkyl halides is 1. The quantitative estimate of drug-likeness (QED) is 0.467. The minimum Gasteiger partial charge on any atom is -0.393 e. The fourth-order valence-corrected chi connectivity index (χ4v) is 5.65. The predicted molar refractivity (Wildman–Crippen MR) is 119 cm³/mol. The van der Waals surface area contributed by atoms with Gasteiger partial charge in [0.2, 0.25) is 0 Å². The Labute approximate surface area is 180 Å². The number of hydrogen-bond donors (Lipinski definition) is 2. The number of fused-ring (bicyclic) bond motifs is 1. The molecule has 4 heteroatoms. The van der Waals surface area contributed by atoms with E-state index in [9.17, 15) is 19.4 Å². The lowest BCUT2D eigenvalue weighted by atomic mass is 9.62. The average Bonchev–Trinajstić information content (AvgIpc) is 3.00. The molecule has 0 aromatic heterocycles. The number of carbonyl (C=O) groups excluding carboxylic acids is 1. The van der Waals surface area contributed by atoms with Crippen molar-refractivity contribution in [2.24, 2.45) is 17.3 Å². The molecule has 0 heterocycles. The third-order valence-electron chi connectivity index (χ3n) is 7.19. The second kappa shape index (κ2) is 8.92. The summed E-state index contributed by atoms with van der Waals surface area (Å²) in [6.07, 6.45) is 13.2. The molecule has 0 spiro atoms. The molecular weight excluding hydrogens is 379 g/mol. The standard InChI is InChI=1S/C26H37FO3/c1-17(7-5-13-25(2,3)30)21-11-12-22-18(8-6-14-26(21,22)4)9-10-19-15-20(28)16-23(27)24(19)29/h5,9-11,13,17,20,22-23,28,30H,6-8,12,14-16H2,1-4H3/b13-5+,18-9+,19-10-. The highest BCUT2D eigenvalue weighted by Gasteiger charge is 2.45. The number of carbonyl (C=O) groups is 1. The van der Waals surface area contributed by atoms with E-state index in [1.54, 1.807) is 19.9 Å². The van der Waals surface area contributed by atoms with Crippen LogP contribution in [0.25, 0.3) is 0 Å². The topological polar surface area (TPSA) is 57.5 Å². The summed E-state index contributed by atoms with van der Waals surface area (Å²) in [5.41, 5.74) is 2.58. The van der Waals surface area contributed by atoms with Gasteiger partial charge in [-0.2, -0.15) is 0 Å². The highest BCUT2D eigenvalue weighted by molar-refractivity contribution is 5.99. The number of Topliss-reactive ketones (excluding diaryl/α,β-unsaturated/α-hetero) is 1. The first-order chi connectivity index (χ1) is 14.0. The number of rotatable bonds is 5. The summed E-state index contributed by atoms with van der Waals surface area (Å²) in [5.74, 6) is 0.371. The molecule has 0 aliphatic heterocycles. The number of aliphatic hydroxyl groups excluding tert-OH is 1. The normalized spacial score (nSPS) is 36.4. The van der Waals surface area contributed by atoms with Crippen LogP contribution in [0.1, 0.15) is 72.6 Å². The maximum atomic E-state index is 13.8. The zero-order chi connectivity index (χ0) is 22.1. The van der Waals surface area contributed by atoms with Gasteiger partial charge < -0.3 is 10.2 Å². The predicted octanol–water partition coefficient (Wildman–Crippen LogP) is 5.39. The molecule has 2 saturated carbocycles. The SMILES string of the molecule is CC(C/C=C/C(C)(C)O)C1=CCC2/C(=C/C=C3/CC(O)CC(F)C3=O)CCCC12C. The second-order valence-electron chi connectivity index (χ2n) is 10.3. The van der Waals surface area contributed by atoms with Crippen molar-refractivity contribution in [2.75, 3.05) is 0 Å². The van der Waals surface area contributed by atoms with Crippen molar-refractivity contribution >= 4 is 5.78 Å². The molecule has 3 aliphatic rings. The Morgan fingerprint density at radius 2 is 2.10 bits per heavy atom. The third-order valence-corrected chi connectivity index (χ3v) is 7.19. The molecule has 0 aromatic rings. The van der Waals surface area contributed by atoms with Gasteiger partial charge in [-0.15, -0.1) is 0 Å². The van der Waals surface area contributed by atoms with E-state index in [4.69, 9.17) is 0 Å². The Kier molecular flexibility index (Phi) is 6.88. The van der Waals surface area contributed by atoms with Crippen LogP contribution in [0.15, 0.2) is 47.1 Å². The van der Waals surface area contributed by atoms with E-state index in [1.807, 2.05) is 12.2 Å². The Hall–Kier alpha value is -1.52. The van der Waals surface area contributed by atoms with Crippen LogP contribution in [0.5, 0.6) is 0 Å². The zero-order valence-electron chi connectivity index (χ0n) is 18.8. The van der Waals surface area contributed by atoms with E-state index < -0.39 is 23.7 Å². The molecule has 2 N–H and O–H groups in total. The molecule has 0 radical (unpaired) electrons. The Bertz CT molecular complexity index is 783. The van der Waals surface area contributed by atoms with Crippen molar-refractivity contribution in [3.8, 4) is 0 Å². The van der Waals surface area contributed by atoms with Crippen molar-refractivity contribution in [1.29, 1.82) is 0 Å². The van der Waals surface area contributed by atoms with Gasteiger partial charge in [-0.3, -0.25) is 4.79 Å². The van der Waals surface area contributed by atoms with E-state index in [2.05, 4.69) is 26.0 Å². The largest absolute Gasteiger partial charge is 0.393 e. The summed E-state index contributed by atoms with van der Waals surface area (Å²) in [6.45, 7) is 8.19. The van der Waals surface area contributed by atoms with Gasteiger partial charge in [0.05, 0.1) is 11.7 Å². The first kappa shape index (κ1) is 23.1. The molecule has 2 fully saturated rings. The molecule has 0 amide bonds. The van der Waals surface area contributed by atoms with Crippen LogP contribution in [-0.4, -0.2) is 33.9 Å². The highest BCUT2D eigenvalue weighted by atomic mass is 19.1.